The first-order valence-electron chi connectivity index (χ1n) is 10.3. The number of likely N-dealkylation sites (tertiary alicyclic amines) is 2. The lowest BCUT2D eigenvalue weighted by Gasteiger charge is -2.53. The van der Waals surface area contributed by atoms with Crippen LogP contribution in [0.2, 0.25) is 0 Å². The van der Waals surface area contributed by atoms with Crippen LogP contribution in [0, 0.1) is 5.92 Å². The Morgan fingerprint density at radius 3 is 2.39 bits per heavy atom. The molecule has 2 atom stereocenters. The molecule has 2 aromatic rings. The van der Waals surface area contributed by atoms with E-state index >= 15 is 0 Å². The van der Waals surface area contributed by atoms with Gasteiger partial charge in [-0.3, -0.25) is 14.7 Å². The SMILES string of the molecule is CC(C)C(=O)N1CCC(N2C[C@H](Oc3ccccc3)[C@@H]2c2ccncc2)CC1. The third-order valence-electron chi connectivity index (χ3n) is 5.92. The molecule has 5 nitrogen and oxygen atoms in total. The molecule has 0 N–H and O–H groups in total. The monoisotopic (exact) mass is 379 g/mol. The summed E-state index contributed by atoms with van der Waals surface area (Å²) >= 11 is 0. The zero-order valence-corrected chi connectivity index (χ0v) is 16.7. The van der Waals surface area contributed by atoms with Crippen molar-refractivity contribution in [1.29, 1.82) is 0 Å². The van der Waals surface area contributed by atoms with Gasteiger partial charge in [0.05, 0.1) is 6.04 Å². The van der Waals surface area contributed by atoms with Crippen molar-refractivity contribution in [2.24, 2.45) is 5.92 Å². The smallest absolute Gasteiger partial charge is 0.225 e. The van der Waals surface area contributed by atoms with Gasteiger partial charge < -0.3 is 9.64 Å². The van der Waals surface area contributed by atoms with Gasteiger partial charge in [0.2, 0.25) is 5.91 Å². The molecule has 2 fully saturated rings. The van der Waals surface area contributed by atoms with Crippen molar-refractivity contribution in [2.45, 2.75) is 44.9 Å². The number of carbonyl (C=O) groups is 1. The summed E-state index contributed by atoms with van der Waals surface area (Å²) in [6, 6.07) is 15.0. The van der Waals surface area contributed by atoms with Crippen LogP contribution in [-0.4, -0.2) is 52.5 Å². The van der Waals surface area contributed by atoms with E-state index in [1.807, 2.05) is 61.5 Å². The molecule has 2 aliphatic rings. The summed E-state index contributed by atoms with van der Waals surface area (Å²) in [4.78, 5) is 21.0. The quantitative estimate of drug-likeness (QED) is 0.797. The molecule has 1 aromatic heterocycles. The molecule has 4 rings (SSSR count). The summed E-state index contributed by atoms with van der Waals surface area (Å²) in [6.07, 6.45) is 5.90. The minimum atomic E-state index is 0.0776. The predicted octanol–water partition coefficient (Wildman–Crippen LogP) is 3.53. The van der Waals surface area contributed by atoms with Gasteiger partial charge in [-0.05, 0) is 42.7 Å². The Morgan fingerprint density at radius 1 is 1.07 bits per heavy atom. The van der Waals surface area contributed by atoms with Crippen molar-refractivity contribution in [3.05, 3.63) is 60.4 Å². The van der Waals surface area contributed by atoms with Crippen LogP contribution in [0.25, 0.3) is 0 Å². The molecular formula is C23H29N3O2. The molecule has 3 heterocycles. The third kappa shape index (κ3) is 3.90. The molecule has 0 spiro atoms. The molecule has 0 bridgehead atoms. The zero-order valence-electron chi connectivity index (χ0n) is 16.7. The maximum Gasteiger partial charge on any atom is 0.225 e. The van der Waals surface area contributed by atoms with Crippen LogP contribution in [0.4, 0.5) is 0 Å². The number of nitrogens with zero attached hydrogens (tertiary/aromatic N) is 3. The van der Waals surface area contributed by atoms with E-state index in [0.717, 1.165) is 38.2 Å². The fourth-order valence-electron chi connectivity index (χ4n) is 4.40. The van der Waals surface area contributed by atoms with Gasteiger partial charge in [0.25, 0.3) is 0 Å². The number of rotatable bonds is 5. The first-order chi connectivity index (χ1) is 13.6. The van der Waals surface area contributed by atoms with E-state index in [1.54, 1.807) is 0 Å². The average molecular weight is 380 g/mol. The van der Waals surface area contributed by atoms with Gasteiger partial charge in [0, 0.05) is 44.0 Å². The Bertz CT molecular complexity index is 773. The summed E-state index contributed by atoms with van der Waals surface area (Å²) in [6.45, 7) is 6.59. The van der Waals surface area contributed by atoms with E-state index in [-0.39, 0.29) is 24.0 Å². The molecule has 0 aliphatic carbocycles. The maximum atomic E-state index is 12.3. The second-order valence-electron chi connectivity index (χ2n) is 8.10. The lowest BCUT2D eigenvalue weighted by molar-refractivity contribution is -0.138. The number of carbonyl (C=O) groups excluding carboxylic acids is 1. The van der Waals surface area contributed by atoms with Gasteiger partial charge in [-0.1, -0.05) is 32.0 Å². The fourth-order valence-corrected chi connectivity index (χ4v) is 4.40. The molecule has 2 aliphatic heterocycles. The van der Waals surface area contributed by atoms with E-state index in [1.165, 1.54) is 5.56 Å². The topological polar surface area (TPSA) is 45.7 Å². The lowest BCUT2D eigenvalue weighted by Crippen LogP contribution is -2.61. The van der Waals surface area contributed by atoms with Crippen molar-refractivity contribution in [3.63, 3.8) is 0 Å². The van der Waals surface area contributed by atoms with Gasteiger partial charge in [0.15, 0.2) is 0 Å². The number of ether oxygens (including phenoxy) is 1. The van der Waals surface area contributed by atoms with E-state index in [2.05, 4.69) is 22.0 Å². The minimum absolute atomic E-state index is 0.0776. The van der Waals surface area contributed by atoms with Crippen LogP contribution in [0.15, 0.2) is 54.9 Å². The van der Waals surface area contributed by atoms with Gasteiger partial charge in [-0.2, -0.15) is 0 Å². The predicted molar refractivity (Wildman–Crippen MR) is 109 cm³/mol. The van der Waals surface area contributed by atoms with Gasteiger partial charge in [-0.25, -0.2) is 0 Å². The molecule has 5 heteroatoms. The normalized spacial score (nSPS) is 23.5. The van der Waals surface area contributed by atoms with Crippen molar-refractivity contribution in [3.8, 4) is 5.75 Å². The number of aromatic nitrogens is 1. The highest BCUT2D eigenvalue weighted by Crippen LogP contribution is 2.40. The number of piperidine rings is 1. The third-order valence-corrected chi connectivity index (χ3v) is 5.92. The summed E-state index contributed by atoms with van der Waals surface area (Å²) in [5.74, 6) is 1.27. The summed E-state index contributed by atoms with van der Waals surface area (Å²) < 4.78 is 6.30. The Labute approximate surface area is 167 Å². The van der Waals surface area contributed by atoms with E-state index in [4.69, 9.17) is 4.74 Å². The van der Waals surface area contributed by atoms with Crippen molar-refractivity contribution in [2.75, 3.05) is 19.6 Å². The lowest BCUT2D eigenvalue weighted by atomic mass is 9.87. The highest BCUT2D eigenvalue weighted by atomic mass is 16.5. The molecule has 0 unspecified atom stereocenters. The zero-order chi connectivity index (χ0) is 19.5. The molecule has 0 radical (unpaired) electrons. The number of amides is 1. The highest BCUT2D eigenvalue weighted by molar-refractivity contribution is 5.78. The molecule has 148 valence electrons. The van der Waals surface area contributed by atoms with Crippen LogP contribution in [0.3, 0.4) is 0 Å². The Hall–Kier alpha value is -2.40. The van der Waals surface area contributed by atoms with E-state index in [9.17, 15) is 4.79 Å². The Kier molecular flexibility index (Phi) is 5.62. The van der Waals surface area contributed by atoms with Crippen molar-refractivity contribution >= 4 is 5.91 Å². The number of benzene rings is 1. The second-order valence-corrected chi connectivity index (χ2v) is 8.10. The standard InChI is InChI=1S/C23H29N3O2/c1-17(2)23(27)25-14-10-19(11-15-25)26-16-21(28-20-6-4-3-5-7-20)22(26)18-8-12-24-13-9-18/h3-9,12-13,17,19,21-22H,10-11,14-16H2,1-2H3/t21-,22-/m0/s1. The molecule has 2 saturated heterocycles. The maximum absolute atomic E-state index is 12.3. The van der Waals surface area contributed by atoms with Crippen LogP contribution in [0.5, 0.6) is 5.75 Å². The summed E-state index contributed by atoms with van der Waals surface area (Å²) in [5, 5.41) is 0. The van der Waals surface area contributed by atoms with Crippen molar-refractivity contribution < 1.29 is 9.53 Å². The van der Waals surface area contributed by atoms with Crippen LogP contribution >= 0.6 is 0 Å². The van der Waals surface area contributed by atoms with Crippen molar-refractivity contribution in [1.82, 2.24) is 14.8 Å². The molecule has 1 aromatic carbocycles. The number of pyridine rings is 1. The first kappa shape index (κ1) is 18.9. The van der Waals surface area contributed by atoms with Gasteiger partial charge >= 0.3 is 0 Å². The van der Waals surface area contributed by atoms with E-state index < -0.39 is 0 Å². The number of para-hydroxylation sites is 1. The fraction of sp³-hybridized carbons (Fsp3) is 0.478. The summed E-state index contributed by atoms with van der Waals surface area (Å²) in [7, 11) is 0. The second kappa shape index (κ2) is 8.31. The molecule has 0 saturated carbocycles. The van der Waals surface area contributed by atoms with Gasteiger partial charge in [0.1, 0.15) is 11.9 Å². The van der Waals surface area contributed by atoms with Gasteiger partial charge in [-0.15, -0.1) is 0 Å². The molecule has 28 heavy (non-hydrogen) atoms. The van der Waals surface area contributed by atoms with E-state index in [0.29, 0.717) is 6.04 Å². The Balaban J connectivity index is 1.44. The average Bonchev–Trinajstić information content (AvgIpc) is 2.72. The first-order valence-corrected chi connectivity index (χ1v) is 10.3. The van der Waals surface area contributed by atoms with Crippen LogP contribution in [-0.2, 0) is 4.79 Å². The van der Waals surface area contributed by atoms with Crippen LogP contribution in [0.1, 0.15) is 38.3 Å². The minimum Gasteiger partial charge on any atom is -0.487 e. The number of hydrogen-bond donors (Lipinski definition) is 0. The molecule has 1 amide bonds. The number of hydrogen-bond acceptors (Lipinski definition) is 4. The summed E-state index contributed by atoms with van der Waals surface area (Å²) in [5.41, 5.74) is 1.25. The van der Waals surface area contributed by atoms with Crippen LogP contribution < -0.4 is 4.74 Å². The molecular weight excluding hydrogens is 350 g/mol. The largest absolute Gasteiger partial charge is 0.487 e. The Morgan fingerprint density at radius 2 is 1.75 bits per heavy atom. The highest BCUT2D eigenvalue weighted by Gasteiger charge is 2.46.